The highest BCUT2D eigenvalue weighted by Crippen LogP contribution is 2.57. The largest absolute Gasteiger partial charge is 0.457 e. The first-order chi connectivity index (χ1) is 24.5. The number of rotatable bonds is 13. The minimum absolute atomic E-state index is 0.0188. The smallest absolute Gasteiger partial charge is 0.240 e. The van der Waals surface area contributed by atoms with Gasteiger partial charge in [-0.25, -0.2) is 8.42 Å². The summed E-state index contributed by atoms with van der Waals surface area (Å²) < 4.78 is 33.9. The second-order valence-electron chi connectivity index (χ2n) is 16.2. The van der Waals surface area contributed by atoms with E-state index in [2.05, 4.69) is 44.2 Å². The van der Waals surface area contributed by atoms with E-state index in [1.807, 2.05) is 44.2 Å². The Morgan fingerprint density at radius 3 is 2.37 bits per heavy atom. The van der Waals surface area contributed by atoms with Gasteiger partial charge in [0.15, 0.2) is 5.78 Å². The van der Waals surface area contributed by atoms with Crippen molar-refractivity contribution in [2.45, 2.75) is 96.4 Å². The number of sulfonamides is 1. The van der Waals surface area contributed by atoms with E-state index < -0.39 is 38.6 Å². The normalized spacial score (nSPS) is 21.9. The number of Topliss-reactive ketones (excluding diaryl/α,β-unsaturated/α-hetero) is 1. The third-order valence-corrected chi connectivity index (χ3v) is 13.0. The lowest BCUT2D eigenvalue weighted by molar-refractivity contribution is -0.146. The van der Waals surface area contributed by atoms with Crippen molar-refractivity contribution in [3.8, 4) is 11.5 Å². The Morgan fingerprint density at radius 2 is 1.73 bits per heavy atom. The van der Waals surface area contributed by atoms with E-state index in [1.54, 1.807) is 35.2 Å². The molecule has 276 valence electrons. The van der Waals surface area contributed by atoms with E-state index in [4.69, 9.17) is 16.3 Å². The molecule has 0 spiro atoms. The van der Waals surface area contributed by atoms with Crippen LogP contribution in [0.1, 0.15) is 82.6 Å². The van der Waals surface area contributed by atoms with Gasteiger partial charge in [-0.3, -0.25) is 19.1 Å². The minimum atomic E-state index is -3.81. The monoisotopic (exact) mass is 744 g/mol. The maximum absolute atomic E-state index is 14.8. The molecule has 2 aliphatic carbocycles. The van der Waals surface area contributed by atoms with Crippen LogP contribution >= 0.6 is 11.6 Å². The molecule has 0 bridgehead atoms. The first-order valence-corrected chi connectivity index (χ1v) is 20.1. The lowest BCUT2D eigenvalue weighted by Crippen LogP contribution is -2.52. The fraction of sp³-hybridized carbons (Fsp3) is 0.452. The van der Waals surface area contributed by atoms with Crippen LogP contribution in [0.5, 0.6) is 11.5 Å². The number of ether oxygens (including phenoxy) is 1. The predicted molar refractivity (Wildman–Crippen MR) is 204 cm³/mol. The Hall–Kier alpha value is -3.95. The summed E-state index contributed by atoms with van der Waals surface area (Å²) in [5.74, 6) is -0.687. The average Bonchev–Trinajstić information content (AvgIpc) is 4.02. The van der Waals surface area contributed by atoms with Crippen molar-refractivity contribution in [1.82, 2.24) is 9.62 Å². The topological polar surface area (TPSA) is 110 Å². The Labute approximate surface area is 313 Å². The molecule has 52 heavy (non-hydrogen) atoms. The fourth-order valence-electron chi connectivity index (χ4n) is 7.36. The highest BCUT2D eigenvalue weighted by Gasteiger charge is 2.61. The predicted octanol–water partition coefficient (Wildman–Crippen LogP) is 7.96. The summed E-state index contributed by atoms with van der Waals surface area (Å²) in [6, 6.07) is 20.3. The summed E-state index contributed by atoms with van der Waals surface area (Å²) in [6.45, 7) is 14.6. The molecule has 1 heterocycles. The van der Waals surface area contributed by atoms with Crippen LogP contribution in [0.15, 0.2) is 79.4 Å². The number of hydrogen-bond donors (Lipinski definition) is 1. The van der Waals surface area contributed by atoms with Crippen LogP contribution in [-0.2, 0) is 49.2 Å². The Kier molecular flexibility index (Phi) is 10.5. The number of carbonyl (C=O) groups is 3. The summed E-state index contributed by atoms with van der Waals surface area (Å²) >= 11 is 6.18. The zero-order valence-electron chi connectivity index (χ0n) is 30.7. The first kappa shape index (κ1) is 37.8. The summed E-state index contributed by atoms with van der Waals surface area (Å²) in [4.78, 5) is 44.6. The molecule has 3 aromatic rings. The van der Waals surface area contributed by atoms with E-state index in [1.165, 1.54) is 5.56 Å². The molecule has 3 aromatic carbocycles. The lowest BCUT2D eigenvalue weighted by Gasteiger charge is -2.39. The number of ketones is 1. The van der Waals surface area contributed by atoms with Crippen LogP contribution in [0.25, 0.3) is 0 Å². The standard InChI is InChI=1S/C42H49ClN2O6S/c1-7-30-23-42(30,40(48)44-52(49,50)35-16-17-35)24-38(46)37-21-29-20-34(51-33-13-9-12-32(43)22-33)15-14-28(29)25-45(37)39(47)36(26(2)3)19-27-10-8-11-31(18-27)41(4,5)6/h7-15,18,20,22,26,30,35-37H,1,16-17,19,21,23-25H2,2-6H3,(H,44,48)/t30-,36+,37?,42-/m1/s1. The van der Waals surface area contributed by atoms with Gasteiger partial charge in [0, 0.05) is 30.3 Å². The quantitative estimate of drug-likeness (QED) is 0.178. The molecule has 1 unspecified atom stereocenters. The van der Waals surface area contributed by atoms with E-state index in [0.717, 1.165) is 16.7 Å². The number of carbonyl (C=O) groups excluding carboxylic acids is 3. The number of nitrogens with one attached hydrogen (secondary N) is 1. The maximum atomic E-state index is 14.8. The van der Waals surface area contributed by atoms with Gasteiger partial charge >= 0.3 is 0 Å². The summed E-state index contributed by atoms with van der Waals surface area (Å²) in [6.07, 6.45) is 3.52. The number of halogens is 1. The summed E-state index contributed by atoms with van der Waals surface area (Å²) in [5, 5.41) is -0.0330. The summed E-state index contributed by atoms with van der Waals surface area (Å²) in [7, 11) is -3.81. The Bertz CT molecular complexity index is 2000. The Balaban J connectivity index is 1.32. The van der Waals surface area contributed by atoms with Crippen LogP contribution in [0.2, 0.25) is 5.02 Å². The van der Waals surface area contributed by atoms with Gasteiger partial charge in [0.2, 0.25) is 21.8 Å². The third-order valence-electron chi connectivity index (χ3n) is 10.9. The number of benzene rings is 3. The maximum Gasteiger partial charge on any atom is 0.240 e. The SMILES string of the molecule is C=C[C@@H]1C[C@]1(CC(=O)C1Cc2cc(Oc3cccc(Cl)c3)ccc2CN1C(=O)[C@@H](Cc1cccc(C(C)(C)C)c1)C(C)C)C(=O)NS(=O)(=O)C1CC1. The highest BCUT2D eigenvalue weighted by molar-refractivity contribution is 7.90. The van der Waals surface area contributed by atoms with Gasteiger partial charge in [-0.05, 0) is 95.5 Å². The second-order valence-corrected chi connectivity index (χ2v) is 18.6. The molecule has 3 aliphatic rings. The first-order valence-electron chi connectivity index (χ1n) is 18.2. The lowest BCUT2D eigenvalue weighted by atomic mass is 9.81. The highest BCUT2D eigenvalue weighted by atomic mass is 35.5. The van der Waals surface area contributed by atoms with Crippen molar-refractivity contribution < 1.29 is 27.5 Å². The molecule has 2 saturated carbocycles. The van der Waals surface area contributed by atoms with Crippen molar-refractivity contribution in [3.63, 3.8) is 0 Å². The third kappa shape index (κ3) is 8.16. The molecular weight excluding hydrogens is 696 g/mol. The second kappa shape index (κ2) is 14.5. The Morgan fingerprint density at radius 1 is 1.02 bits per heavy atom. The van der Waals surface area contributed by atoms with Crippen LogP contribution in [-0.4, -0.2) is 42.2 Å². The van der Waals surface area contributed by atoms with Gasteiger partial charge in [-0.15, -0.1) is 6.58 Å². The van der Waals surface area contributed by atoms with E-state index in [-0.39, 0.29) is 48.3 Å². The number of hydrogen-bond acceptors (Lipinski definition) is 6. The molecule has 10 heteroatoms. The van der Waals surface area contributed by atoms with Crippen molar-refractivity contribution in [1.29, 1.82) is 0 Å². The van der Waals surface area contributed by atoms with Crippen LogP contribution in [0.4, 0.5) is 0 Å². The number of fused-ring (bicyclic) bond motifs is 1. The minimum Gasteiger partial charge on any atom is -0.457 e. The molecule has 1 aliphatic heterocycles. The van der Waals surface area contributed by atoms with Gasteiger partial charge in [0.05, 0.1) is 16.7 Å². The molecule has 4 atom stereocenters. The molecular formula is C42H49ClN2O6S. The number of nitrogens with zero attached hydrogens (tertiary/aromatic N) is 1. The van der Waals surface area contributed by atoms with Crippen LogP contribution < -0.4 is 9.46 Å². The zero-order chi connectivity index (χ0) is 37.6. The fourth-order valence-corrected chi connectivity index (χ4v) is 8.92. The van der Waals surface area contributed by atoms with E-state index in [0.29, 0.717) is 42.2 Å². The van der Waals surface area contributed by atoms with Crippen LogP contribution in [0, 0.1) is 23.2 Å². The van der Waals surface area contributed by atoms with E-state index >= 15 is 0 Å². The van der Waals surface area contributed by atoms with Gasteiger partial charge in [-0.1, -0.05) is 88.7 Å². The number of allylic oxidation sites excluding steroid dienone is 1. The van der Waals surface area contributed by atoms with Gasteiger partial charge in [-0.2, -0.15) is 0 Å². The van der Waals surface area contributed by atoms with E-state index in [9.17, 15) is 22.8 Å². The molecule has 1 N–H and O–H groups in total. The molecule has 8 nitrogen and oxygen atoms in total. The van der Waals surface area contributed by atoms with Crippen molar-refractivity contribution >= 4 is 39.2 Å². The van der Waals surface area contributed by atoms with Gasteiger partial charge in [0.25, 0.3) is 0 Å². The molecule has 6 rings (SSSR count). The molecule has 2 amide bonds. The van der Waals surface area contributed by atoms with Crippen molar-refractivity contribution in [2.24, 2.45) is 23.2 Å². The molecule has 0 aromatic heterocycles. The van der Waals surface area contributed by atoms with Crippen molar-refractivity contribution in [3.05, 3.63) is 107 Å². The molecule has 2 fully saturated rings. The average molecular weight is 745 g/mol. The molecule has 0 radical (unpaired) electrons. The van der Waals surface area contributed by atoms with Crippen LogP contribution in [0.3, 0.4) is 0 Å². The van der Waals surface area contributed by atoms with Gasteiger partial charge < -0.3 is 9.64 Å². The molecule has 0 saturated heterocycles. The van der Waals surface area contributed by atoms with Gasteiger partial charge in [0.1, 0.15) is 11.5 Å². The summed E-state index contributed by atoms with van der Waals surface area (Å²) in [5.41, 5.74) is 2.74. The van der Waals surface area contributed by atoms with Crippen molar-refractivity contribution in [2.75, 3.05) is 0 Å². The number of amides is 2. The zero-order valence-corrected chi connectivity index (χ0v) is 32.2.